The molecule has 1 saturated heterocycles. The Kier molecular flexibility index (Phi) is 8.24. The Morgan fingerprint density at radius 2 is 1.74 bits per heavy atom. The third kappa shape index (κ3) is 7.13. The van der Waals surface area contributed by atoms with Gasteiger partial charge >= 0.3 is 0 Å². The summed E-state index contributed by atoms with van der Waals surface area (Å²) in [4.78, 5) is 0. The van der Waals surface area contributed by atoms with Crippen LogP contribution in [0.4, 0.5) is 8.78 Å². The monoisotopic (exact) mass is 328 g/mol. The third-order valence-corrected chi connectivity index (χ3v) is 5.26. The molecule has 2 nitrogen and oxygen atoms in total. The standard InChI is InChI=1S/C19H30F2O2/c1-22-12-2-3-18-11-10-17(14-23-18)9-6-15-4-7-16(8-5-15)13-19(20)21/h2-3,13,15-18H,4-12,14H2,1H3. The number of ether oxygens (including phenoxy) is 2. The van der Waals surface area contributed by atoms with E-state index >= 15 is 0 Å². The molecule has 0 N–H and O–H groups in total. The van der Waals surface area contributed by atoms with Crippen molar-refractivity contribution in [1.29, 1.82) is 0 Å². The molecule has 2 rings (SSSR count). The van der Waals surface area contributed by atoms with Crippen molar-refractivity contribution in [3.05, 3.63) is 24.3 Å². The summed E-state index contributed by atoms with van der Waals surface area (Å²) in [6.45, 7) is 1.50. The van der Waals surface area contributed by atoms with Crippen molar-refractivity contribution in [3.63, 3.8) is 0 Å². The summed E-state index contributed by atoms with van der Waals surface area (Å²) in [5.41, 5.74) is 0. The van der Waals surface area contributed by atoms with Gasteiger partial charge in [0.1, 0.15) is 0 Å². The lowest BCUT2D eigenvalue weighted by molar-refractivity contribution is 0.00591. The molecule has 4 heteroatoms. The van der Waals surface area contributed by atoms with Crippen LogP contribution in [0.15, 0.2) is 24.3 Å². The van der Waals surface area contributed by atoms with Gasteiger partial charge in [0.2, 0.25) is 0 Å². The minimum Gasteiger partial charge on any atom is -0.381 e. The van der Waals surface area contributed by atoms with Crippen molar-refractivity contribution in [2.45, 2.75) is 57.5 Å². The first-order chi connectivity index (χ1) is 11.2. The fraction of sp³-hybridized carbons (Fsp3) is 0.789. The Morgan fingerprint density at radius 1 is 1.04 bits per heavy atom. The minimum atomic E-state index is -1.51. The van der Waals surface area contributed by atoms with Crippen LogP contribution in [0, 0.1) is 17.8 Å². The highest BCUT2D eigenvalue weighted by molar-refractivity contribution is 4.92. The number of rotatable bonds is 7. The molecule has 0 aromatic carbocycles. The highest BCUT2D eigenvalue weighted by atomic mass is 19.3. The molecule has 23 heavy (non-hydrogen) atoms. The minimum absolute atomic E-state index is 0.105. The maximum Gasteiger partial charge on any atom is 0.266 e. The first kappa shape index (κ1) is 18.6. The summed E-state index contributed by atoms with van der Waals surface area (Å²) in [7, 11) is 1.69. The Hall–Kier alpha value is -0.740. The van der Waals surface area contributed by atoms with Crippen molar-refractivity contribution >= 4 is 0 Å². The average Bonchev–Trinajstić information content (AvgIpc) is 2.55. The van der Waals surface area contributed by atoms with Gasteiger partial charge in [-0.2, -0.15) is 8.78 Å². The van der Waals surface area contributed by atoms with Crippen LogP contribution >= 0.6 is 0 Å². The van der Waals surface area contributed by atoms with Gasteiger partial charge in [0.05, 0.1) is 19.3 Å². The van der Waals surface area contributed by atoms with Gasteiger partial charge in [-0.05, 0) is 68.8 Å². The van der Waals surface area contributed by atoms with E-state index in [-0.39, 0.29) is 12.0 Å². The molecule has 2 atom stereocenters. The van der Waals surface area contributed by atoms with Crippen LogP contribution in [0.25, 0.3) is 0 Å². The van der Waals surface area contributed by atoms with Crippen LogP contribution in [0.5, 0.6) is 0 Å². The molecular weight excluding hydrogens is 298 g/mol. The Labute approximate surface area is 138 Å². The molecule has 2 fully saturated rings. The van der Waals surface area contributed by atoms with Crippen molar-refractivity contribution < 1.29 is 18.3 Å². The van der Waals surface area contributed by atoms with Crippen LogP contribution in [0.3, 0.4) is 0 Å². The molecular formula is C19H30F2O2. The summed E-state index contributed by atoms with van der Waals surface area (Å²) < 4.78 is 35.4. The van der Waals surface area contributed by atoms with Gasteiger partial charge in [0, 0.05) is 7.11 Å². The smallest absolute Gasteiger partial charge is 0.266 e. The number of halogens is 2. The first-order valence-corrected chi connectivity index (χ1v) is 8.97. The molecule has 132 valence electrons. The van der Waals surface area contributed by atoms with Gasteiger partial charge in [-0.1, -0.05) is 18.6 Å². The molecule has 1 heterocycles. The van der Waals surface area contributed by atoms with Crippen molar-refractivity contribution in [2.24, 2.45) is 17.8 Å². The first-order valence-electron chi connectivity index (χ1n) is 8.97. The molecule has 1 saturated carbocycles. The maximum atomic E-state index is 12.3. The van der Waals surface area contributed by atoms with Crippen molar-refractivity contribution in [3.8, 4) is 0 Å². The Balaban J connectivity index is 1.58. The molecule has 0 amide bonds. The molecule has 0 aromatic rings. The third-order valence-electron chi connectivity index (χ3n) is 5.26. The zero-order valence-electron chi connectivity index (χ0n) is 14.2. The quantitative estimate of drug-likeness (QED) is 0.586. The van der Waals surface area contributed by atoms with Crippen molar-refractivity contribution in [2.75, 3.05) is 20.3 Å². The summed E-state index contributed by atoms with van der Waals surface area (Å²) in [6.07, 6.45) is 12.9. The van der Waals surface area contributed by atoms with E-state index in [4.69, 9.17) is 9.47 Å². The van der Waals surface area contributed by atoms with Gasteiger partial charge in [0.15, 0.2) is 0 Å². The molecule has 1 aliphatic carbocycles. The zero-order valence-corrected chi connectivity index (χ0v) is 14.2. The second-order valence-electron chi connectivity index (χ2n) is 7.01. The van der Waals surface area contributed by atoms with E-state index in [1.165, 1.54) is 19.3 Å². The van der Waals surface area contributed by atoms with E-state index in [0.717, 1.165) is 50.7 Å². The molecule has 1 aliphatic heterocycles. The largest absolute Gasteiger partial charge is 0.381 e. The molecule has 2 aliphatic rings. The van der Waals surface area contributed by atoms with Crippen LogP contribution in [-0.2, 0) is 9.47 Å². The van der Waals surface area contributed by atoms with E-state index in [1.54, 1.807) is 7.11 Å². The highest BCUT2D eigenvalue weighted by Gasteiger charge is 2.24. The fourth-order valence-electron chi connectivity index (χ4n) is 3.80. The number of methoxy groups -OCH3 is 1. The second kappa shape index (κ2) is 10.2. The predicted molar refractivity (Wildman–Crippen MR) is 88.5 cm³/mol. The van der Waals surface area contributed by atoms with E-state index in [2.05, 4.69) is 6.08 Å². The average molecular weight is 328 g/mol. The number of allylic oxidation sites excluding steroid dienone is 1. The van der Waals surface area contributed by atoms with Crippen molar-refractivity contribution in [1.82, 2.24) is 0 Å². The number of hydrogen-bond acceptors (Lipinski definition) is 2. The lowest BCUT2D eigenvalue weighted by Crippen LogP contribution is -2.25. The summed E-state index contributed by atoms with van der Waals surface area (Å²) in [6, 6.07) is 0. The normalized spacial score (nSPS) is 32.1. The van der Waals surface area contributed by atoms with Gasteiger partial charge in [0.25, 0.3) is 6.08 Å². The SMILES string of the molecule is COCC=CC1CCC(CCC2CCC(C=C(F)F)CC2)CO1. The topological polar surface area (TPSA) is 18.5 Å². The Bertz CT molecular complexity index is 375. The van der Waals surface area contributed by atoms with Gasteiger partial charge in [-0.25, -0.2) is 0 Å². The summed E-state index contributed by atoms with van der Waals surface area (Å²) >= 11 is 0. The molecule has 0 aromatic heterocycles. The summed E-state index contributed by atoms with van der Waals surface area (Å²) in [5.74, 6) is 1.50. The lowest BCUT2D eigenvalue weighted by atomic mass is 9.78. The molecule has 0 radical (unpaired) electrons. The van der Waals surface area contributed by atoms with E-state index < -0.39 is 6.08 Å². The summed E-state index contributed by atoms with van der Waals surface area (Å²) in [5, 5.41) is 0. The molecule has 0 bridgehead atoms. The second-order valence-corrected chi connectivity index (χ2v) is 7.01. The van der Waals surface area contributed by atoms with E-state index in [9.17, 15) is 8.78 Å². The van der Waals surface area contributed by atoms with Crippen LogP contribution < -0.4 is 0 Å². The van der Waals surface area contributed by atoms with E-state index in [1.807, 2.05) is 6.08 Å². The van der Waals surface area contributed by atoms with Gasteiger partial charge < -0.3 is 9.47 Å². The lowest BCUT2D eigenvalue weighted by Gasteiger charge is -2.30. The fourth-order valence-corrected chi connectivity index (χ4v) is 3.80. The zero-order chi connectivity index (χ0) is 16.5. The van der Waals surface area contributed by atoms with Crippen LogP contribution in [0.2, 0.25) is 0 Å². The van der Waals surface area contributed by atoms with E-state index in [0.29, 0.717) is 12.5 Å². The molecule has 0 spiro atoms. The van der Waals surface area contributed by atoms with Gasteiger partial charge in [-0.15, -0.1) is 0 Å². The van der Waals surface area contributed by atoms with Crippen LogP contribution in [-0.4, -0.2) is 26.4 Å². The van der Waals surface area contributed by atoms with Crippen LogP contribution in [0.1, 0.15) is 51.4 Å². The van der Waals surface area contributed by atoms with Gasteiger partial charge in [-0.3, -0.25) is 0 Å². The highest BCUT2D eigenvalue weighted by Crippen LogP contribution is 2.35. The molecule has 2 unspecified atom stereocenters. The number of hydrogen-bond donors (Lipinski definition) is 0. The Morgan fingerprint density at radius 3 is 2.35 bits per heavy atom. The maximum absolute atomic E-state index is 12.3. The predicted octanol–water partition coefficient (Wildman–Crippen LogP) is 5.35.